The van der Waals surface area contributed by atoms with Crippen LogP contribution in [0.4, 0.5) is 0 Å². The summed E-state index contributed by atoms with van der Waals surface area (Å²) in [4.78, 5) is 16.6. The predicted molar refractivity (Wildman–Crippen MR) is 77.9 cm³/mol. The van der Waals surface area contributed by atoms with Crippen LogP contribution in [0.1, 0.15) is 63.5 Å². The summed E-state index contributed by atoms with van der Waals surface area (Å²) in [6, 6.07) is 1.75. The lowest BCUT2D eigenvalue weighted by atomic mass is 9.80. The van der Waals surface area contributed by atoms with Crippen LogP contribution in [0.15, 0.2) is 10.6 Å². The van der Waals surface area contributed by atoms with Gasteiger partial charge in [-0.3, -0.25) is 0 Å². The fraction of sp³-hybridized carbons (Fsp3) is 0.750. The van der Waals surface area contributed by atoms with Crippen molar-refractivity contribution in [2.24, 2.45) is 5.92 Å². The Morgan fingerprint density at radius 2 is 2.19 bits per heavy atom. The fourth-order valence-electron chi connectivity index (χ4n) is 3.50. The number of rotatable bonds is 5. The number of aldehydes is 1. The van der Waals surface area contributed by atoms with Crippen molar-refractivity contribution in [3.63, 3.8) is 0 Å². The van der Waals surface area contributed by atoms with Crippen LogP contribution in [0, 0.1) is 5.92 Å². The number of hydrogen-bond donors (Lipinski definition) is 0. The Morgan fingerprint density at radius 1 is 1.38 bits per heavy atom. The fourth-order valence-corrected chi connectivity index (χ4v) is 3.50. The molecule has 1 saturated heterocycles. The van der Waals surface area contributed by atoms with Gasteiger partial charge in [0.1, 0.15) is 18.1 Å². The minimum atomic E-state index is -0.148. The number of hydroxylamine groups is 2. The zero-order valence-electron chi connectivity index (χ0n) is 12.7. The molecule has 116 valence electrons. The molecule has 1 aromatic heterocycles. The van der Waals surface area contributed by atoms with Crippen molar-refractivity contribution < 1.29 is 14.2 Å². The van der Waals surface area contributed by atoms with Gasteiger partial charge in [0.15, 0.2) is 0 Å². The summed E-state index contributed by atoms with van der Waals surface area (Å²) in [6.07, 6.45) is 8.96. The average molecular weight is 292 g/mol. The van der Waals surface area contributed by atoms with E-state index in [2.05, 4.69) is 12.1 Å². The van der Waals surface area contributed by atoms with Crippen molar-refractivity contribution in [3.05, 3.63) is 11.8 Å². The topological polar surface area (TPSA) is 55.6 Å². The van der Waals surface area contributed by atoms with Crippen LogP contribution in [0.5, 0.6) is 5.88 Å². The smallest absolute Gasteiger partial charge is 0.277 e. The second kappa shape index (κ2) is 6.60. The SMILES string of the molecule is CCC1CCC(c2cc(ON3CCC[C@H]3C=O)no2)CC1. The zero-order chi connectivity index (χ0) is 14.7. The van der Waals surface area contributed by atoms with E-state index < -0.39 is 0 Å². The van der Waals surface area contributed by atoms with Gasteiger partial charge in [0.25, 0.3) is 5.88 Å². The summed E-state index contributed by atoms with van der Waals surface area (Å²) >= 11 is 0. The molecular formula is C16H24N2O3. The zero-order valence-corrected chi connectivity index (χ0v) is 12.7. The minimum absolute atomic E-state index is 0.148. The number of nitrogens with zero attached hydrogens (tertiary/aromatic N) is 2. The van der Waals surface area contributed by atoms with Gasteiger partial charge in [0, 0.05) is 18.5 Å². The Labute approximate surface area is 125 Å². The summed E-state index contributed by atoms with van der Waals surface area (Å²) in [5.41, 5.74) is 0. The Bertz CT molecular complexity index is 466. The van der Waals surface area contributed by atoms with E-state index in [0.717, 1.165) is 37.4 Å². The van der Waals surface area contributed by atoms with Crippen LogP contribution in [0.2, 0.25) is 0 Å². The largest absolute Gasteiger partial charge is 0.382 e. The molecule has 0 N–H and O–H groups in total. The Morgan fingerprint density at radius 3 is 2.90 bits per heavy atom. The van der Waals surface area contributed by atoms with E-state index in [1.807, 2.05) is 6.07 Å². The van der Waals surface area contributed by atoms with Crippen molar-refractivity contribution in [2.75, 3.05) is 6.54 Å². The van der Waals surface area contributed by atoms with Gasteiger partial charge in [-0.05, 0) is 49.6 Å². The molecule has 0 unspecified atom stereocenters. The first-order chi connectivity index (χ1) is 10.3. The molecule has 2 aliphatic rings. The highest BCUT2D eigenvalue weighted by molar-refractivity contribution is 5.57. The van der Waals surface area contributed by atoms with Crippen molar-refractivity contribution in [3.8, 4) is 5.88 Å². The highest BCUT2D eigenvalue weighted by atomic mass is 16.7. The van der Waals surface area contributed by atoms with E-state index in [-0.39, 0.29) is 6.04 Å². The molecule has 5 nitrogen and oxygen atoms in total. The lowest BCUT2D eigenvalue weighted by Gasteiger charge is -2.25. The Balaban J connectivity index is 1.57. The molecule has 2 heterocycles. The highest BCUT2D eigenvalue weighted by Crippen LogP contribution is 2.38. The molecule has 1 aromatic rings. The van der Waals surface area contributed by atoms with Gasteiger partial charge in [-0.2, -0.15) is 0 Å². The van der Waals surface area contributed by atoms with Gasteiger partial charge in [-0.1, -0.05) is 13.3 Å². The molecule has 5 heteroatoms. The first-order valence-corrected chi connectivity index (χ1v) is 8.16. The molecule has 0 radical (unpaired) electrons. The third-order valence-electron chi connectivity index (χ3n) is 4.95. The number of carbonyl (C=O) groups is 1. The van der Waals surface area contributed by atoms with Crippen LogP contribution < -0.4 is 4.84 Å². The number of hydrogen-bond acceptors (Lipinski definition) is 5. The molecule has 21 heavy (non-hydrogen) atoms. The van der Waals surface area contributed by atoms with E-state index in [0.29, 0.717) is 11.8 Å². The second-order valence-electron chi connectivity index (χ2n) is 6.27. The molecule has 0 aromatic carbocycles. The normalized spacial score (nSPS) is 30.4. The first kappa shape index (κ1) is 14.6. The summed E-state index contributed by atoms with van der Waals surface area (Å²) in [7, 11) is 0. The van der Waals surface area contributed by atoms with Gasteiger partial charge in [0.2, 0.25) is 0 Å². The summed E-state index contributed by atoms with van der Waals surface area (Å²) in [6.45, 7) is 3.04. The van der Waals surface area contributed by atoms with E-state index in [4.69, 9.17) is 9.36 Å². The molecule has 1 aliphatic heterocycles. The van der Waals surface area contributed by atoms with Crippen LogP contribution >= 0.6 is 0 Å². The summed E-state index contributed by atoms with van der Waals surface area (Å²) in [5, 5.41) is 5.72. The van der Waals surface area contributed by atoms with E-state index in [1.165, 1.54) is 32.1 Å². The quantitative estimate of drug-likeness (QED) is 0.779. The standard InChI is InChI=1S/C16H24N2O3/c1-2-12-5-7-13(8-6-12)15-10-16(17-20-15)21-18-9-3-4-14(18)11-19/h10-14H,2-9H2,1H3/t12?,13?,14-/m0/s1. The van der Waals surface area contributed by atoms with Gasteiger partial charge >= 0.3 is 0 Å². The van der Waals surface area contributed by atoms with E-state index in [9.17, 15) is 4.79 Å². The molecule has 1 aliphatic carbocycles. The molecule has 0 amide bonds. The van der Waals surface area contributed by atoms with E-state index in [1.54, 1.807) is 5.06 Å². The van der Waals surface area contributed by atoms with Gasteiger partial charge in [-0.15, -0.1) is 5.06 Å². The van der Waals surface area contributed by atoms with Gasteiger partial charge in [0.05, 0.1) is 0 Å². The third-order valence-corrected chi connectivity index (χ3v) is 4.95. The predicted octanol–water partition coefficient (Wildman–Crippen LogP) is 3.32. The van der Waals surface area contributed by atoms with Crippen molar-refractivity contribution in [1.82, 2.24) is 10.2 Å². The number of carbonyl (C=O) groups excluding carboxylic acids is 1. The van der Waals surface area contributed by atoms with Gasteiger partial charge < -0.3 is 14.2 Å². The average Bonchev–Trinajstić information content (AvgIpc) is 3.17. The maximum absolute atomic E-state index is 11.0. The maximum atomic E-state index is 11.0. The second-order valence-corrected chi connectivity index (χ2v) is 6.27. The monoisotopic (exact) mass is 292 g/mol. The first-order valence-electron chi connectivity index (χ1n) is 8.16. The molecule has 2 fully saturated rings. The van der Waals surface area contributed by atoms with Crippen LogP contribution in [-0.4, -0.2) is 29.1 Å². The summed E-state index contributed by atoms with van der Waals surface area (Å²) < 4.78 is 5.46. The molecule has 1 saturated carbocycles. The van der Waals surface area contributed by atoms with Crippen molar-refractivity contribution >= 4 is 6.29 Å². The molecule has 0 spiro atoms. The molecule has 1 atom stereocenters. The maximum Gasteiger partial charge on any atom is 0.277 e. The lowest BCUT2D eigenvalue weighted by Crippen LogP contribution is -2.33. The molecular weight excluding hydrogens is 268 g/mol. The highest BCUT2D eigenvalue weighted by Gasteiger charge is 2.28. The number of aromatic nitrogens is 1. The van der Waals surface area contributed by atoms with Crippen molar-refractivity contribution in [1.29, 1.82) is 0 Å². The molecule has 3 rings (SSSR count). The lowest BCUT2D eigenvalue weighted by molar-refractivity contribution is -0.125. The molecule has 0 bridgehead atoms. The third kappa shape index (κ3) is 3.28. The summed E-state index contributed by atoms with van der Waals surface area (Å²) in [5.74, 6) is 2.76. The van der Waals surface area contributed by atoms with E-state index >= 15 is 0 Å². The minimum Gasteiger partial charge on any atom is -0.382 e. The van der Waals surface area contributed by atoms with Crippen LogP contribution in [0.3, 0.4) is 0 Å². The van der Waals surface area contributed by atoms with Gasteiger partial charge in [-0.25, -0.2) is 0 Å². The van der Waals surface area contributed by atoms with Crippen LogP contribution in [-0.2, 0) is 4.79 Å². The van der Waals surface area contributed by atoms with Crippen molar-refractivity contribution in [2.45, 2.75) is 63.8 Å². The Kier molecular flexibility index (Phi) is 4.58. The van der Waals surface area contributed by atoms with Crippen LogP contribution in [0.25, 0.3) is 0 Å². The Hall–Kier alpha value is -1.36.